The normalized spacial score (nSPS) is 17.3. The minimum atomic E-state index is -0.442. The van der Waals surface area contributed by atoms with Gasteiger partial charge in [0.15, 0.2) is 0 Å². The molecule has 0 bridgehead atoms. The number of alkyl halides is 1. The van der Waals surface area contributed by atoms with E-state index in [1.165, 1.54) is 0 Å². The maximum Gasteiger partial charge on any atom is 0.410 e. The van der Waals surface area contributed by atoms with Crippen molar-refractivity contribution in [1.82, 2.24) is 15.1 Å². The molecule has 1 aromatic heterocycles. The summed E-state index contributed by atoms with van der Waals surface area (Å²) in [5, 5.41) is 10.1. The molecule has 20 heavy (non-hydrogen) atoms. The SMILES string of the molecule is CC(C)(C)OC(=O)N1CCC(c2nnc(CCl)s2)CC1. The first kappa shape index (κ1) is 15.5. The Morgan fingerprint density at radius 2 is 2.05 bits per heavy atom. The van der Waals surface area contributed by atoms with Crippen molar-refractivity contribution in [2.45, 2.75) is 51.0 Å². The third kappa shape index (κ3) is 4.06. The minimum Gasteiger partial charge on any atom is -0.444 e. The lowest BCUT2D eigenvalue weighted by Crippen LogP contribution is -2.41. The molecule has 1 aliphatic rings. The maximum atomic E-state index is 12.0. The van der Waals surface area contributed by atoms with Gasteiger partial charge in [-0.25, -0.2) is 4.79 Å². The Kier molecular flexibility index (Phi) is 4.86. The summed E-state index contributed by atoms with van der Waals surface area (Å²) in [6.07, 6.45) is 1.57. The van der Waals surface area contributed by atoms with Gasteiger partial charge in [0.05, 0.1) is 5.88 Å². The van der Waals surface area contributed by atoms with Crippen molar-refractivity contribution in [3.05, 3.63) is 10.0 Å². The van der Waals surface area contributed by atoms with E-state index in [9.17, 15) is 4.79 Å². The number of halogens is 1. The van der Waals surface area contributed by atoms with Crippen LogP contribution in [0.25, 0.3) is 0 Å². The molecule has 0 unspecified atom stereocenters. The largest absolute Gasteiger partial charge is 0.444 e. The molecule has 5 nitrogen and oxygen atoms in total. The Morgan fingerprint density at radius 1 is 1.40 bits per heavy atom. The highest BCUT2D eigenvalue weighted by Gasteiger charge is 2.28. The molecule has 2 heterocycles. The topological polar surface area (TPSA) is 55.3 Å². The van der Waals surface area contributed by atoms with Gasteiger partial charge in [-0.05, 0) is 33.6 Å². The van der Waals surface area contributed by atoms with Crippen molar-refractivity contribution < 1.29 is 9.53 Å². The zero-order chi connectivity index (χ0) is 14.8. The Bertz CT molecular complexity index is 464. The van der Waals surface area contributed by atoms with Crippen molar-refractivity contribution in [3.63, 3.8) is 0 Å². The summed E-state index contributed by atoms with van der Waals surface area (Å²) in [6.45, 7) is 7.05. The highest BCUT2D eigenvalue weighted by atomic mass is 35.5. The monoisotopic (exact) mass is 317 g/mol. The van der Waals surface area contributed by atoms with E-state index in [1.54, 1.807) is 16.2 Å². The summed E-state index contributed by atoms with van der Waals surface area (Å²) in [7, 11) is 0. The average Bonchev–Trinajstić information content (AvgIpc) is 2.85. The van der Waals surface area contributed by atoms with Crippen LogP contribution in [0.2, 0.25) is 0 Å². The number of aromatic nitrogens is 2. The number of likely N-dealkylation sites (tertiary alicyclic amines) is 1. The van der Waals surface area contributed by atoms with Crippen molar-refractivity contribution in [1.29, 1.82) is 0 Å². The van der Waals surface area contributed by atoms with Crippen LogP contribution in [0, 0.1) is 0 Å². The molecule has 0 N–H and O–H groups in total. The predicted octanol–water partition coefficient (Wildman–Crippen LogP) is 3.39. The van der Waals surface area contributed by atoms with Crippen LogP contribution < -0.4 is 0 Å². The number of amides is 1. The van der Waals surface area contributed by atoms with Crippen LogP contribution in [0.5, 0.6) is 0 Å². The lowest BCUT2D eigenvalue weighted by Gasteiger charge is -2.32. The van der Waals surface area contributed by atoms with E-state index in [-0.39, 0.29) is 6.09 Å². The van der Waals surface area contributed by atoms with Gasteiger partial charge < -0.3 is 9.64 Å². The molecule has 0 aliphatic carbocycles. The van der Waals surface area contributed by atoms with Gasteiger partial charge in [0, 0.05) is 19.0 Å². The summed E-state index contributed by atoms with van der Waals surface area (Å²) in [6, 6.07) is 0. The Hall–Kier alpha value is -0.880. The zero-order valence-corrected chi connectivity index (χ0v) is 13.6. The number of piperidine rings is 1. The Labute approximate surface area is 128 Å². The molecule has 0 atom stereocenters. The van der Waals surface area contributed by atoms with E-state index < -0.39 is 5.60 Å². The van der Waals surface area contributed by atoms with E-state index in [0.29, 0.717) is 24.9 Å². The van der Waals surface area contributed by atoms with Gasteiger partial charge in [0.2, 0.25) is 0 Å². The first-order valence-corrected chi connectivity index (χ1v) is 8.10. The molecule has 1 aromatic rings. The second-order valence-electron chi connectivity index (χ2n) is 5.91. The highest BCUT2D eigenvalue weighted by Crippen LogP contribution is 2.30. The number of ether oxygens (including phenoxy) is 1. The molecular weight excluding hydrogens is 298 g/mol. The van der Waals surface area contributed by atoms with Crippen LogP contribution in [0.4, 0.5) is 4.79 Å². The van der Waals surface area contributed by atoms with Gasteiger partial charge >= 0.3 is 6.09 Å². The lowest BCUT2D eigenvalue weighted by molar-refractivity contribution is 0.0204. The Morgan fingerprint density at radius 3 is 2.55 bits per heavy atom. The average molecular weight is 318 g/mol. The summed E-state index contributed by atoms with van der Waals surface area (Å²) in [5.74, 6) is 0.789. The number of rotatable bonds is 2. The van der Waals surface area contributed by atoms with Crippen LogP contribution in [-0.4, -0.2) is 39.9 Å². The number of carbonyl (C=O) groups excluding carboxylic acids is 1. The van der Waals surface area contributed by atoms with Crippen molar-refractivity contribution >= 4 is 29.0 Å². The summed E-state index contributed by atoms with van der Waals surface area (Å²) in [4.78, 5) is 13.7. The van der Waals surface area contributed by atoms with Crippen molar-refractivity contribution in [2.24, 2.45) is 0 Å². The zero-order valence-electron chi connectivity index (χ0n) is 12.1. The van der Waals surface area contributed by atoms with Crippen LogP contribution >= 0.6 is 22.9 Å². The molecule has 7 heteroatoms. The van der Waals surface area contributed by atoms with Crippen LogP contribution in [0.15, 0.2) is 0 Å². The molecule has 0 aromatic carbocycles. The molecule has 1 saturated heterocycles. The predicted molar refractivity (Wildman–Crippen MR) is 79.2 cm³/mol. The van der Waals surface area contributed by atoms with Gasteiger partial charge in [0.25, 0.3) is 0 Å². The van der Waals surface area contributed by atoms with E-state index in [2.05, 4.69) is 10.2 Å². The standard InChI is InChI=1S/C13H20ClN3O2S/c1-13(2,3)19-12(18)17-6-4-9(5-7-17)11-16-15-10(8-14)20-11/h9H,4-8H2,1-3H3. The van der Waals surface area contributed by atoms with E-state index in [1.807, 2.05) is 20.8 Å². The molecule has 1 amide bonds. The van der Waals surface area contributed by atoms with Crippen LogP contribution in [0.1, 0.15) is 49.5 Å². The quantitative estimate of drug-likeness (QED) is 0.785. The second kappa shape index (κ2) is 6.26. The van der Waals surface area contributed by atoms with Crippen LogP contribution in [0.3, 0.4) is 0 Å². The third-order valence-electron chi connectivity index (χ3n) is 3.09. The number of hydrogen-bond donors (Lipinski definition) is 0. The molecular formula is C13H20ClN3O2S. The maximum absolute atomic E-state index is 12.0. The van der Waals surface area contributed by atoms with Gasteiger partial charge in [-0.15, -0.1) is 21.8 Å². The lowest BCUT2D eigenvalue weighted by atomic mass is 9.98. The fourth-order valence-electron chi connectivity index (χ4n) is 2.12. The van der Waals surface area contributed by atoms with E-state index in [0.717, 1.165) is 22.9 Å². The van der Waals surface area contributed by atoms with Crippen molar-refractivity contribution in [3.8, 4) is 0 Å². The molecule has 0 saturated carbocycles. The molecule has 1 fully saturated rings. The van der Waals surface area contributed by atoms with Crippen molar-refractivity contribution in [2.75, 3.05) is 13.1 Å². The first-order chi connectivity index (χ1) is 9.39. The number of nitrogens with zero attached hydrogens (tertiary/aromatic N) is 3. The molecule has 0 spiro atoms. The fraction of sp³-hybridized carbons (Fsp3) is 0.769. The Balaban J connectivity index is 1.87. The van der Waals surface area contributed by atoms with E-state index >= 15 is 0 Å². The van der Waals surface area contributed by atoms with E-state index in [4.69, 9.17) is 16.3 Å². The summed E-state index contributed by atoms with van der Waals surface area (Å²) in [5.41, 5.74) is -0.442. The van der Waals surface area contributed by atoms with Gasteiger partial charge in [-0.1, -0.05) is 11.3 Å². The fourth-order valence-corrected chi connectivity index (χ4v) is 3.20. The van der Waals surface area contributed by atoms with Crippen LogP contribution in [-0.2, 0) is 10.6 Å². The highest BCUT2D eigenvalue weighted by molar-refractivity contribution is 7.11. The molecule has 1 aliphatic heterocycles. The van der Waals surface area contributed by atoms with Gasteiger partial charge in [0.1, 0.15) is 15.6 Å². The summed E-state index contributed by atoms with van der Waals surface area (Å²) < 4.78 is 5.38. The molecule has 112 valence electrons. The first-order valence-electron chi connectivity index (χ1n) is 6.75. The minimum absolute atomic E-state index is 0.227. The summed E-state index contributed by atoms with van der Waals surface area (Å²) >= 11 is 7.31. The smallest absolute Gasteiger partial charge is 0.410 e. The molecule has 0 radical (unpaired) electrons. The number of hydrogen-bond acceptors (Lipinski definition) is 5. The third-order valence-corrected chi connectivity index (χ3v) is 4.59. The second-order valence-corrected chi connectivity index (χ2v) is 7.27. The number of carbonyl (C=O) groups is 1. The molecule has 2 rings (SSSR count). The van der Waals surface area contributed by atoms with Gasteiger partial charge in [-0.3, -0.25) is 0 Å². The van der Waals surface area contributed by atoms with Gasteiger partial charge in [-0.2, -0.15) is 0 Å².